The van der Waals surface area contributed by atoms with Gasteiger partial charge in [0.15, 0.2) is 0 Å². The Morgan fingerprint density at radius 2 is 1.80 bits per heavy atom. The number of hydrogen-bond donors (Lipinski definition) is 1. The van der Waals surface area contributed by atoms with Gasteiger partial charge in [0.25, 0.3) is 15.7 Å². The van der Waals surface area contributed by atoms with Crippen LogP contribution in [0.4, 0.5) is 11.4 Å². The molecule has 242 valence electrons. The van der Waals surface area contributed by atoms with Crippen LogP contribution in [0.5, 0.6) is 11.5 Å². The van der Waals surface area contributed by atoms with E-state index in [4.69, 9.17) is 21.1 Å². The minimum Gasteiger partial charge on any atom is -0.497 e. The number of nitro benzene ring substituents is 1. The van der Waals surface area contributed by atoms with E-state index in [1.807, 2.05) is 6.92 Å². The first-order valence-electron chi connectivity index (χ1n) is 14.1. The smallest absolute Gasteiger partial charge is 0.273 e. The number of rotatable bonds is 15. The van der Waals surface area contributed by atoms with Crippen molar-refractivity contribution in [1.29, 1.82) is 0 Å². The number of carbonyl (C=O) groups is 2. The van der Waals surface area contributed by atoms with Gasteiger partial charge in [-0.05, 0) is 62.2 Å². The number of aryl methyl sites for hydroxylation is 1. The fourth-order valence-corrected chi connectivity index (χ4v) is 6.13. The molecule has 1 atom stereocenters. The van der Waals surface area contributed by atoms with Gasteiger partial charge in [0.2, 0.25) is 11.8 Å². The van der Waals surface area contributed by atoms with Gasteiger partial charge in [0.1, 0.15) is 24.1 Å². The predicted molar refractivity (Wildman–Crippen MR) is 171 cm³/mol. The van der Waals surface area contributed by atoms with Crippen LogP contribution in [0.1, 0.15) is 37.8 Å². The van der Waals surface area contributed by atoms with Gasteiger partial charge in [-0.25, -0.2) is 8.42 Å². The fraction of sp³-hybridized carbons (Fsp3) is 0.355. The summed E-state index contributed by atoms with van der Waals surface area (Å²) in [7, 11) is -1.80. The van der Waals surface area contributed by atoms with Gasteiger partial charge in [-0.1, -0.05) is 43.1 Å². The highest BCUT2D eigenvalue weighted by molar-refractivity contribution is 7.92. The van der Waals surface area contributed by atoms with Gasteiger partial charge in [-0.15, -0.1) is 0 Å². The lowest BCUT2D eigenvalue weighted by molar-refractivity contribution is -0.385. The zero-order chi connectivity index (χ0) is 33.3. The molecule has 0 aliphatic heterocycles. The summed E-state index contributed by atoms with van der Waals surface area (Å²) in [6.45, 7) is 4.61. The number of sulfonamides is 1. The van der Waals surface area contributed by atoms with Gasteiger partial charge in [-0.3, -0.25) is 24.0 Å². The Labute approximate surface area is 268 Å². The molecule has 0 aliphatic carbocycles. The molecule has 0 saturated carbocycles. The summed E-state index contributed by atoms with van der Waals surface area (Å²) in [6.07, 6.45) is 1.60. The summed E-state index contributed by atoms with van der Waals surface area (Å²) >= 11 is 6.26. The van der Waals surface area contributed by atoms with E-state index in [-0.39, 0.29) is 28.6 Å². The molecule has 1 N–H and O–H groups in total. The maximum absolute atomic E-state index is 14.2. The predicted octanol–water partition coefficient (Wildman–Crippen LogP) is 5.10. The lowest BCUT2D eigenvalue weighted by atomic mass is 10.1. The van der Waals surface area contributed by atoms with Crippen molar-refractivity contribution >= 4 is 44.8 Å². The third-order valence-electron chi connectivity index (χ3n) is 7.14. The number of anilines is 1. The summed E-state index contributed by atoms with van der Waals surface area (Å²) < 4.78 is 40.0. The minimum atomic E-state index is -4.63. The summed E-state index contributed by atoms with van der Waals surface area (Å²) in [5.41, 5.74) is 0.425. The van der Waals surface area contributed by atoms with Crippen LogP contribution in [-0.4, -0.2) is 63.4 Å². The molecule has 45 heavy (non-hydrogen) atoms. The van der Waals surface area contributed by atoms with Gasteiger partial charge >= 0.3 is 0 Å². The zero-order valence-electron chi connectivity index (χ0n) is 25.8. The number of ether oxygens (including phenoxy) is 2. The maximum Gasteiger partial charge on any atom is 0.273 e. The largest absolute Gasteiger partial charge is 0.497 e. The van der Waals surface area contributed by atoms with Gasteiger partial charge in [0.05, 0.1) is 29.7 Å². The standard InChI is InChI=1S/C31H37ClN4O8S/c1-6-7-15-33-31(38)22(3)34(19-23-9-8-10-25(16-23)43-4)30(37)20-35(28-17-24(32)12-14-29(28)44-5)45(41,42)26-13-11-21(2)27(18-26)36(39)40/h8-14,16-18,22H,6-7,15,19-20H2,1-5H3,(H,33,38)/t22-/m0/s1. The topological polar surface area (TPSA) is 148 Å². The molecule has 0 bridgehead atoms. The molecular formula is C31H37ClN4O8S. The van der Waals surface area contributed by atoms with Crippen LogP contribution in [0, 0.1) is 17.0 Å². The Bertz CT molecular complexity index is 1650. The summed E-state index contributed by atoms with van der Waals surface area (Å²) in [5.74, 6) is -0.511. The molecule has 2 amide bonds. The molecular weight excluding hydrogens is 624 g/mol. The second-order valence-corrected chi connectivity index (χ2v) is 12.5. The third-order valence-corrected chi connectivity index (χ3v) is 9.13. The second kappa shape index (κ2) is 15.6. The van der Waals surface area contributed by atoms with E-state index in [9.17, 15) is 28.1 Å². The number of carbonyl (C=O) groups excluding carboxylic acids is 2. The van der Waals surface area contributed by atoms with E-state index in [1.165, 1.54) is 56.4 Å². The molecule has 3 aromatic rings. The lowest BCUT2D eigenvalue weighted by Crippen LogP contribution is -2.51. The molecule has 12 nitrogen and oxygen atoms in total. The Morgan fingerprint density at radius 1 is 1.07 bits per heavy atom. The number of benzene rings is 3. The van der Waals surface area contributed by atoms with Crippen LogP contribution < -0.4 is 19.1 Å². The zero-order valence-corrected chi connectivity index (χ0v) is 27.4. The molecule has 0 heterocycles. The molecule has 0 aliphatic rings. The van der Waals surface area contributed by atoms with Crippen LogP contribution in [0.2, 0.25) is 5.02 Å². The SMILES string of the molecule is CCCCNC(=O)[C@H](C)N(Cc1cccc(OC)c1)C(=O)CN(c1cc(Cl)ccc1OC)S(=O)(=O)c1ccc(C)c([N+](=O)[O-])c1. The van der Waals surface area contributed by atoms with Crippen molar-refractivity contribution < 1.29 is 32.4 Å². The molecule has 0 spiro atoms. The van der Waals surface area contributed by atoms with Gasteiger partial charge < -0.3 is 19.7 Å². The first kappa shape index (κ1) is 35.1. The number of amides is 2. The van der Waals surface area contributed by atoms with Crippen LogP contribution in [0.25, 0.3) is 0 Å². The van der Waals surface area contributed by atoms with Crippen molar-refractivity contribution in [1.82, 2.24) is 10.2 Å². The molecule has 14 heteroatoms. The summed E-state index contributed by atoms with van der Waals surface area (Å²) in [4.78, 5) is 39.2. The summed E-state index contributed by atoms with van der Waals surface area (Å²) in [5, 5.41) is 14.6. The Balaban J connectivity index is 2.14. The van der Waals surface area contributed by atoms with Gasteiger partial charge in [-0.2, -0.15) is 0 Å². The third kappa shape index (κ3) is 8.64. The highest BCUT2D eigenvalue weighted by Gasteiger charge is 2.35. The Hall–Kier alpha value is -4.36. The number of nitrogens with zero attached hydrogens (tertiary/aromatic N) is 3. The highest BCUT2D eigenvalue weighted by atomic mass is 35.5. The molecule has 0 saturated heterocycles. The first-order valence-corrected chi connectivity index (χ1v) is 16.0. The van der Waals surface area contributed by atoms with Crippen LogP contribution in [0.3, 0.4) is 0 Å². The maximum atomic E-state index is 14.2. The molecule has 0 fully saturated rings. The Morgan fingerprint density at radius 3 is 2.44 bits per heavy atom. The minimum absolute atomic E-state index is 0.0467. The van der Waals surface area contributed by atoms with Crippen LogP contribution in [0.15, 0.2) is 65.6 Å². The number of unbranched alkanes of at least 4 members (excludes halogenated alkanes) is 1. The number of nitrogens with one attached hydrogen (secondary N) is 1. The number of nitro groups is 1. The van der Waals surface area contributed by atoms with Crippen LogP contribution in [-0.2, 0) is 26.2 Å². The monoisotopic (exact) mass is 660 g/mol. The molecule has 0 radical (unpaired) electrons. The van der Waals surface area contributed by atoms with E-state index in [0.29, 0.717) is 17.9 Å². The fourth-order valence-electron chi connectivity index (χ4n) is 4.53. The van der Waals surface area contributed by atoms with Crippen molar-refractivity contribution in [3.63, 3.8) is 0 Å². The molecule has 0 aromatic heterocycles. The lowest BCUT2D eigenvalue weighted by Gasteiger charge is -2.32. The number of hydrogen-bond acceptors (Lipinski definition) is 8. The van der Waals surface area contributed by atoms with Crippen molar-refractivity contribution in [2.75, 3.05) is 31.6 Å². The van der Waals surface area contributed by atoms with Crippen LogP contribution >= 0.6 is 11.6 Å². The summed E-state index contributed by atoms with van der Waals surface area (Å²) in [6, 6.07) is 13.7. The Kier molecular flexibility index (Phi) is 12.2. The van der Waals surface area contributed by atoms with Gasteiger partial charge in [0, 0.05) is 29.7 Å². The van der Waals surface area contributed by atoms with E-state index in [2.05, 4.69) is 5.32 Å². The van der Waals surface area contributed by atoms with Crippen molar-refractivity contribution in [2.24, 2.45) is 0 Å². The number of halogens is 1. The van der Waals surface area contributed by atoms with Crippen molar-refractivity contribution in [3.8, 4) is 11.5 Å². The number of methoxy groups -OCH3 is 2. The second-order valence-electron chi connectivity index (χ2n) is 10.2. The van der Waals surface area contributed by atoms with Crippen molar-refractivity contribution in [2.45, 2.75) is 51.1 Å². The average molecular weight is 661 g/mol. The van der Waals surface area contributed by atoms with Crippen molar-refractivity contribution in [3.05, 3.63) is 86.9 Å². The molecule has 3 aromatic carbocycles. The quantitative estimate of drug-likeness (QED) is 0.134. The van der Waals surface area contributed by atoms with E-state index >= 15 is 0 Å². The molecule has 0 unspecified atom stereocenters. The van der Waals surface area contributed by atoms with E-state index in [1.54, 1.807) is 31.2 Å². The highest BCUT2D eigenvalue weighted by Crippen LogP contribution is 2.36. The first-order chi connectivity index (χ1) is 21.3. The molecule has 3 rings (SSSR count). The van der Waals surface area contributed by atoms with E-state index in [0.717, 1.165) is 23.2 Å². The normalized spacial score (nSPS) is 11.8. The average Bonchev–Trinajstić information content (AvgIpc) is 3.02. The van der Waals surface area contributed by atoms with E-state index < -0.39 is 49.9 Å².